The standard InChI is InChI=1S/C18H24ClN3O2/c19-15-5-3-14(4-6-15)13-16(23)21-9-11-22(12-10-21)17(24)18(20)7-1-2-8-18/h3-6H,1-2,7-13,20H2. The van der Waals surface area contributed by atoms with E-state index in [-0.39, 0.29) is 11.8 Å². The van der Waals surface area contributed by atoms with Crippen molar-refractivity contribution in [2.24, 2.45) is 5.73 Å². The van der Waals surface area contributed by atoms with Crippen molar-refractivity contribution >= 4 is 23.4 Å². The van der Waals surface area contributed by atoms with Crippen LogP contribution in [0.15, 0.2) is 24.3 Å². The van der Waals surface area contributed by atoms with Gasteiger partial charge in [-0.05, 0) is 30.5 Å². The molecule has 0 spiro atoms. The van der Waals surface area contributed by atoms with E-state index >= 15 is 0 Å². The van der Waals surface area contributed by atoms with Crippen LogP contribution in [0.1, 0.15) is 31.2 Å². The van der Waals surface area contributed by atoms with E-state index in [1.807, 2.05) is 21.9 Å². The van der Waals surface area contributed by atoms with Crippen LogP contribution in [0.4, 0.5) is 0 Å². The Morgan fingerprint density at radius 1 is 1.00 bits per heavy atom. The Hall–Kier alpha value is -1.59. The van der Waals surface area contributed by atoms with Crippen LogP contribution in [0.5, 0.6) is 0 Å². The molecule has 1 aromatic carbocycles. The summed E-state index contributed by atoms with van der Waals surface area (Å²) in [6.45, 7) is 2.30. The second kappa shape index (κ2) is 7.11. The largest absolute Gasteiger partial charge is 0.339 e. The lowest BCUT2D eigenvalue weighted by atomic mass is 9.97. The smallest absolute Gasteiger partial charge is 0.242 e. The highest BCUT2D eigenvalue weighted by Gasteiger charge is 2.40. The molecule has 0 bridgehead atoms. The fraction of sp³-hybridized carbons (Fsp3) is 0.556. The van der Waals surface area contributed by atoms with Crippen molar-refractivity contribution < 1.29 is 9.59 Å². The third-order valence-corrected chi connectivity index (χ3v) is 5.36. The molecule has 1 saturated carbocycles. The number of nitrogens with zero attached hydrogens (tertiary/aromatic N) is 2. The molecule has 24 heavy (non-hydrogen) atoms. The molecule has 0 atom stereocenters. The van der Waals surface area contributed by atoms with Crippen LogP contribution < -0.4 is 5.73 Å². The molecule has 1 aliphatic carbocycles. The molecule has 0 radical (unpaired) electrons. The third-order valence-electron chi connectivity index (χ3n) is 5.11. The maximum absolute atomic E-state index is 12.6. The maximum atomic E-state index is 12.6. The molecule has 1 aromatic rings. The van der Waals surface area contributed by atoms with Gasteiger partial charge in [0, 0.05) is 31.2 Å². The van der Waals surface area contributed by atoms with Gasteiger partial charge in [-0.15, -0.1) is 0 Å². The molecule has 130 valence electrons. The summed E-state index contributed by atoms with van der Waals surface area (Å²) in [5.41, 5.74) is 6.54. The van der Waals surface area contributed by atoms with E-state index in [9.17, 15) is 9.59 Å². The first-order chi connectivity index (χ1) is 11.5. The van der Waals surface area contributed by atoms with E-state index in [0.717, 1.165) is 31.2 Å². The van der Waals surface area contributed by atoms with Gasteiger partial charge in [0.15, 0.2) is 0 Å². The summed E-state index contributed by atoms with van der Waals surface area (Å²) in [5.74, 6) is 0.151. The van der Waals surface area contributed by atoms with Gasteiger partial charge in [-0.2, -0.15) is 0 Å². The Morgan fingerprint density at radius 2 is 1.54 bits per heavy atom. The summed E-state index contributed by atoms with van der Waals surface area (Å²) in [6, 6.07) is 7.34. The van der Waals surface area contributed by atoms with E-state index in [1.54, 1.807) is 12.1 Å². The topological polar surface area (TPSA) is 66.6 Å². The van der Waals surface area contributed by atoms with Gasteiger partial charge in [-0.3, -0.25) is 9.59 Å². The molecular weight excluding hydrogens is 326 g/mol. The maximum Gasteiger partial charge on any atom is 0.242 e. The van der Waals surface area contributed by atoms with Gasteiger partial charge in [0.2, 0.25) is 11.8 Å². The van der Waals surface area contributed by atoms with Gasteiger partial charge < -0.3 is 15.5 Å². The average Bonchev–Trinajstić information content (AvgIpc) is 3.04. The molecule has 2 aliphatic rings. The first-order valence-electron chi connectivity index (χ1n) is 8.58. The molecule has 2 amide bonds. The minimum Gasteiger partial charge on any atom is -0.339 e. The highest BCUT2D eigenvalue weighted by Crippen LogP contribution is 2.29. The number of carbonyl (C=O) groups excluding carboxylic acids is 2. The zero-order valence-electron chi connectivity index (χ0n) is 13.8. The Balaban J connectivity index is 1.52. The van der Waals surface area contributed by atoms with Crippen molar-refractivity contribution in [3.05, 3.63) is 34.9 Å². The minimum absolute atomic E-state index is 0.0600. The third kappa shape index (κ3) is 3.73. The Labute approximate surface area is 147 Å². The van der Waals surface area contributed by atoms with Crippen LogP contribution in [0.3, 0.4) is 0 Å². The second-order valence-electron chi connectivity index (χ2n) is 6.84. The van der Waals surface area contributed by atoms with E-state index in [0.29, 0.717) is 37.6 Å². The summed E-state index contributed by atoms with van der Waals surface area (Å²) >= 11 is 5.86. The molecule has 2 N–H and O–H groups in total. The average molecular weight is 350 g/mol. The second-order valence-corrected chi connectivity index (χ2v) is 7.28. The number of halogens is 1. The van der Waals surface area contributed by atoms with Gasteiger partial charge >= 0.3 is 0 Å². The summed E-state index contributed by atoms with van der Waals surface area (Å²) in [7, 11) is 0. The Kier molecular flexibility index (Phi) is 5.11. The Morgan fingerprint density at radius 3 is 2.12 bits per heavy atom. The number of hydrogen-bond donors (Lipinski definition) is 1. The summed E-state index contributed by atoms with van der Waals surface area (Å²) in [6.07, 6.45) is 3.98. The molecular formula is C18H24ClN3O2. The number of piperazine rings is 1. The van der Waals surface area contributed by atoms with Gasteiger partial charge in [-0.25, -0.2) is 0 Å². The number of rotatable bonds is 3. The first kappa shape index (κ1) is 17.2. The fourth-order valence-electron chi connectivity index (χ4n) is 3.58. The molecule has 1 heterocycles. The highest BCUT2D eigenvalue weighted by atomic mass is 35.5. The molecule has 2 fully saturated rings. The van der Waals surface area contributed by atoms with Crippen molar-refractivity contribution in [2.75, 3.05) is 26.2 Å². The van der Waals surface area contributed by atoms with E-state index < -0.39 is 5.54 Å². The lowest BCUT2D eigenvalue weighted by molar-refractivity contribution is -0.142. The first-order valence-corrected chi connectivity index (χ1v) is 8.96. The van der Waals surface area contributed by atoms with Crippen LogP contribution >= 0.6 is 11.6 Å². The monoisotopic (exact) mass is 349 g/mol. The highest BCUT2D eigenvalue weighted by molar-refractivity contribution is 6.30. The summed E-state index contributed by atoms with van der Waals surface area (Å²) in [4.78, 5) is 28.7. The lowest BCUT2D eigenvalue weighted by Gasteiger charge is -2.38. The molecule has 5 nitrogen and oxygen atoms in total. The van der Waals surface area contributed by atoms with E-state index in [2.05, 4.69) is 0 Å². The van der Waals surface area contributed by atoms with E-state index in [1.165, 1.54) is 0 Å². The summed E-state index contributed by atoms with van der Waals surface area (Å²) in [5, 5.41) is 0.668. The van der Waals surface area contributed by atoms with Crippen LogP contribution in [0.2, 0.25) is 5.02 Å². The van der Waals surface area contributed by atoms with Crippen LogP contribution in [0.25, 0.3) is 0 Å². The molecule has 3 rings (SSSR count). The predicted octanol–water partition coefficient (Wildman–Crippen LogP) is 1.82. The van der Waals surface area contributed by atoms with Gasteiger partial charge in [0.25, 0.3) is 0 Å². The van der Waals surface area contributed by atoms with Gasteiger partial charge in [-0.1, -0.05) is 36.6 Å². The lowest BCUT2D eigenvalue weighted by Crippen LogP contribution is -2.59. The molecule has 0 aromatic heterocycles. The quantitative estimate of drug-likeness (QED) is 0.905. The normalized spacial score (nSPS) is 20.2. The number of hydrogen-bond acceptors (Lipinski definition) is 3. The zero-order valence-corrected chi connectivity index (χ0v) is 14.6. The molecule has 1 aliphatic heterocycles. The SMILES string of the molecule is NC1(C(=O)N2CCN(C(=O)Cc3ccc(Cl)cc3)CC2)CCCC1. The molecule has 1 saturated heterocycles. The van der Waals surface area contributed by atoms with Crippen molar-refractivity contribution in [2.45, 2.75) is 37.6 Å². The van der Waals surface area contributed by atoms with Crippen molar-refractivity contribution in [1.82, 2.24) is 9.80 Å². The summed E-state index contributed by atoms with van der Waals surface area (Å²) < 4.78 is 0. The van der Waals surface area contributed by atoms with Crippen LogP contribution in [-0.4, -0.2) is 53.3 Å². The molecule has 6 heteroatoms. The van der Waals surface area contributed by atoms with Crippen molar-refractivity contribution in [1.29, 1.82) is 0 Å². The van der Waals surface area contributed by atoms with Crippen LogP contribution in [0, 0.1) is 0 Å². The zero-order chi connectivity index (χ0) is 17.2. The number of carbonyl (C=O) groups is 2. The number of nitrogens with two attached hydrogens (primary N) is 1. The molecule has 0 unspecified atom stereocenters. The van der Waals surface area contributed by atoms with E-state index in [4.69, 9.17) is 17.3 Å². The predicted molar refractivity (Wildman–Crippen MR) is 93.7 cm³/mol. The minimum atomic E-state index is -0.671. The van der Waals surface area contributed by atoms with Crippen molar-refractivity contribution in [3.8, 4) is 0 Å². The van der Waals surface area contributed by atoms with Gasteiger partial charge in [0.05, 0.1) is 12.0 Å². The van der Waals surface area contributed by atoms with Crippen molar-refractivity contribution in [3.63, 3.8) is 0 Å². The van der Waals surface area contributed by atoms with Crippen LogP contribution in [-0.2, 0) is 16.0 Å². The fourth-order valence-corrected chi connectivity index (χ4v) is 3.71. The van der Waals surface area contributed by atoms with Gasteiger partial charge in [0.1, 0.15) is 0 Å². The number of amides is 2. The Bertz CT molecular complexity index is 603. The number of benzene rings is 1.